The second kappa shape index (κ2) is 8.84. The van der Waals surface area contributed by atoms with Gasteiger partial charge in [-0.25, -0.2) is 0 Å². The number of rotatable bonds is 7. The minimum Gasteiger partial charge on any atom is -0.493 e. The first kappa shape index (κ1) is 19.1. The minimum atomic E-state index is 0.484. The van der Waals surface area contributed by atoms with Gasteiger partial charge in [-0.05, 0) is 48.0 Å². The smallest absolute Gasteiger partial charge is 0.161 e. The number of ether oxygens (including phenoxy) is 2. The van der Waals surface area contributed by atoms with Crippen molar-refractivity contribution in [3.8, 4) is 22.8 Å². The second-order valence-electron chi connectivity index (χ2n) is 5.61. The van der Waals surface area contributed by atoms with Gasteiger partial charge in [-0.3, -0.25) is 0 Å². The van der Waals surface area contributed by atoms with Crippen LogP contribution in [0.4, 0.5) is 0 Å². The molecule has 0 unspecified atom stereocenters. The van der Waals surface area contributed by atoms with Crippen molar-refractivity contribution in [2.45, 2.75) is 6.54 Å². The monoisotopic (exact) mass is 404 g/mol. The van der Waals surface area contributed by atoms with Gasteiger partial charge in [0.15, 0.2) is 11.5 Å². The van der Waals surface area contributed by atoms with E-state index in [-0.39, 0.29) is 0 Å². The predicted octanol–water partition coefficient (Wildman–Crippen LogP) is 5.39. The molecule has 0 saturated heterocycles. The molecular formula is C20H18Cl2N2O3. The maximum absolute atomic E-state index is 6.05. The zero-order valence-corrected chi connectivity index (χ0v) is 16.3. The van der Waals surface area contributed by atoms with E-state index < -0.39 is 0 Å². The molecule has 0 aliphatic rings. The van der Waals surface area contributed by atoms with Gasteiger partial charge in [0.1, 0.15) is 11.5 Å². The van der Waals surface area contributed by atoms with E-state index in [9.17, 15) is 0 Å². The SMILES string of the molecule is COc1ccc(CN/N=C\c2ccc(-c3ccc(Cl)c(Cl)c3)o2)cc1OC. The fraction of sp³-hybridized carbons (Fsp3) is 0.150. The molecule has 3 rings (SSSR count). The number of benzene rings is 2. The van der Waals surface area contributed by atoms with Crippen molar-refractivity contribution >= 4 is 29.4 Å². The molecule has 0 amide bonds. The van der Waals surface area contributed by atoms with Crippen LogP contribution in [-0.4, -0.2) is 20.4 Å². The Morgan fingerprint density at radius 2 is 1.78 bits per heavy atom. The number of methoxy groups -OCH3 is 2. The fourth-order valence-corrected chi connectivity index (χ4v) is 2.76. The summed E-state index contributed by atoms with van der Waals surface area (Å²) in [6.07, 6.45) is 1.61. The van der Waals surface area contributed by atoms with Gasteiger partial charge in [-0.1, -0.05) is 29.3 Å². The second-order valence-corrected chi connectivity index (χ2v) is 6.43. The molecule has 0 aliphatic carbocycles. The molecule has 0 fully saturated rings. The van der Waals surface area contributed by atoms with Crippen LogP contribution >= 0.6 is 23.2 Å². The molecule has 0 saturated carbocycles. The number of halogens is 2. The summed E-state index contributed by atoms with van der Waals surface area (Å²) in [7, 11) is 3.21. The Labute approximate surface area is 167 Å². The van der Waals surface area contributed by atoms with Crippen molar-refractivity contribution in [3.05, 3.63) is 69.9 Å². The van der Waals surface area contributed by atoms with Gasteiger partial charge in [0.25, 0.3) is 0 Å². The zero-order valence-electron chi connectivity index (χ0n) is 14.8. The van der Waals surface area contributed by atoms with E-state index in [1.54, 1.807) is 32.6 Å². The summed E-state index contributed by atoms with van der Waals surface area (Å²) >= 11 is 12.0. The number of nitrogens with one attached hydrogen (secondary N) is 1. The van der Waals surface area contributed by atoms with Crippen LogP contribution in [-0.2, 0) is 6.54 Å². The van der Waals surface area contributed by atoms with Gasteiger partial charge in [0, 0.05) is 5.56 Å². The summed E-state index contributed by atoms with van der Waals surface area (Å²) in [5, 5.41) is 5.18. The number of hydrogen-bond donors (Lipinski definition) is 1. The zero-order chi connectivity index (χ0) is 19.2. The van der Waals surface area contributed by atoms with Crippen LogP contribution in [0.15, 0.2) is 58.0 Å². The topological polar surface area (TPSA) is 56.0 Å². The number of hydrogen-bond acceptors (Lipinski definition) is 5. The van der Waals surface area contributed by atoms with Crippen molar-refractivity contribution in [1.82, 2.24) is 5.43 Å². The first-order chi connectivity index (χ1) is 13.1. The van der Waals surface area contributed by atoms with E-state index in [1.165, 1.54) is 0 Å². The molecule has 2 aromatic carbocycles. The Morgan fingerprint density at radius 3 is 2.52 bits per heavy atom. The van der Waals surface area contributed by atoms with E-state index in [0.29, 0.717) is 39.6 Å². The number of hydrazone groups is 1. The van der Waals surface area contributed by atoms with Crippen molar-refractivity contribution in [2.75, 3.05) is 14.2 Å². The first-order valence-electron chi connectivity index (χ1n) is 8.13. The Morgan fingerprint density at radius 1 is 0.963 bits per heavy atom. The van der Waals surface area contributed by atoms with Crippen LogP contribution in [0, 0.1) is 0 Å². The van der Waals surface area contributed by atoms with Crippen LogP contribution in [0.5, 0.6) is 11.5 Å². The number of nitrogens with zero attached hydrogens (tertiary/aromatic N) is 1. The molecule has 0 radical (unpaired) electrons. The van der Waals surface area contributed by atoms with Crippen LogP contribution < -0.4 is 14.9 Å². The van der Waals surface area contributed by atoms with E-state index in [2.05, 4.69) is 10.5 Å². The predicted molar refractivity (Wildman–Crippen MR) is 108 cm³/mol. The van der Waals surface area contributed by atoms with Crippen LogP contribution in [0.1, 0.15) is 11.3 Å². The molecular weight excluding hydrogens is 387 g/mol. The minimum absolute atomic E-state index is 0.484. The van der Waals surface area contributed by atoms with Gasteiger partial charge in [0.2, 0.25) is 0 Å². The Bertz CT molecular complexity index is 954. The van der Waals surface area contributed by atoms with E-state index >= 15 is 0 Å². The Hall–Kier alpha value is -2.63. The molecule has 0 bridgehead atoms. The molecule has 140 valence electrons. The molecule has 0 spiro atoms. The normalized spacial score (nSPS) is 11.0. The third kappa shape index (κ3) is 4.76. The summed E-state index contributed by atoms with van der Waals surface area (Å²) in [6.45, 7) is 0.539. The highest BCUT2D eigenvalue weighted by Crippen LogP contribution is 2.29. The highest BCUT2D eigenvalue weighted by Gasteiger charge is 2.06. The van der Waals surface area contributed by atoms with E-state index in [0.717, 1.165) is 11.1 Å². The summed E-state index contributed by atoms with van der Waals surface area (Å²) in [4.78, 5) is 0. The van der Waals surface area contributed by atoms with Gasteiger partial charge < -0.3 is 19.3 Å². The lowest BCUT2D eigenvalue weighted by Gasteiger charge is -2.09. The summed E-state index contributed by atoms with van der Waals surface area (Å²) in [6, 6.07) is 14.7. The van der Waals surface area contributed by atoms with Crippen LogP contribution in [0.2, 0.25) is 10.0 Å². The molecule has 1 heterocycles. The molecule has 1 N–H and O–H groups in total. The van der Waals surface area contributed by atoms with E-state index in [1.807, 2.05) is 36.4 Å². The van der Waals surface area contributed by atoms with Gasteiger partial charge in [-0.2, -0.15) is 5.10 Å². The fourth-order valence-electron chi connectivity index (χ4n) is 2.46. The van der Waals surface area contributed by atoms with Crippen molar-refractivity contribution < 1.29 is 13.9 Å². The molecule has 0 aliphatic heterocycles. The van der Waals surface area contributed by atoms with Gasteiger partial charge in [0.05, 0.1) is 37.0 Å². The quantitative estimate of drug-likeness (QED) is 0.423. The van der Waals surface area contributed by atoms with Crippen LogP contribution in [0.25, 0.3) is 11.3 Å². The Kier molecular flexibility index (Phi) is 6.27. The summed E-state index contributed by atoms with van der Waals surface area (Å²) in [5.74, 6) is 2.68. The third-order valence-corrected chi connectivity index (χ3v) is 4.58. The van der Waals surface area contributed by atoms with Gasteiger partial charge in [-0.15, -0.1) is 0 Å². The van der Waals surface area contributed by atoms with E-state index in [4.69, 9.17) is 37.1 Å². The van der Waals surface area contributed by atoms with Crippen LogP contribution in [0.3, 0.4) is 0 Å². The molecule has 1 aromatic heterocycles. The summed E-state index contributed by atoms with van der Waals surface area (Å²) < 4.78 is 16.3. The van der Waals surface area contributed by atoms with Gasteiger partial charge >= 0.3 is 0 Å². The standard InChI is InChI=1S/C20H18Cl2N2O3/c1-25-19-7-3-13(9-20(19)26-2)11-23-24-12-15-5-8-18(27-15)14-4-6-16(21)17(22)10-14/h3-10,12,23H,11H2,1-2H3/b24-12-. The Balaban J connectivity index is 1.61. The largest absolute Gasteiger partial charge is 0.493 e. The van der Waals surface area contributed by atoms with Crippen molar-refractivity contribution in [3.63, 3.8) is 0 Å². The highest BCUT2D eigenvalue weighted by molar-refractivity contribution is 6.42. The average molecular weight is 405 g/mol. The maximum Gasteiger partial charge on any atom is 0.161 e. The molecule has 7 heteroatoms. The number of furan rings is 1. The highest BCUT2D eigenvalue weighted by atomic mass is 35.5. The lowest BCUT2D eigenvalue weighted by molar-refractivity contribution is 0.354. The summed E-state index contributed by atoms with van der Waals surface area (Å²) in [5.41, 5.74) is 4.84. The van der Waals surface area contributed by atoms with Crippen molar-refractivity contribution in [1.29, 1.82) is 0 Å². The third-order valence-electron chi connectivity index (χ3n) is 3.85. The maximum atomic E-state index is 6.05. The molecule has 27 heavy (non-hydrogen) atoms. The average Bonchev–Trinajstić information content (AvgIpc) is 3.16. The molecule has 5 nitrogen and oxygen atoms in total. The molecule has 3 aromatic rings. The first-order valence-corrected chi connectivity index (χ1v) is 8.88. The molecule has 0 atom stereocenters. The lowest BCUT2D eigenvalue weighted by atomic mass is 10.2. The van der Waals surface area contributed by atoms with Crippen molar-refractivity contribution in [2.24, 2.45) is 5.10 Å². The lowest BCUT2D eigenvalue weighted by Crippen LogP contribution is -2.05.